The maximum absolute atomic E-state index is 12.3. The molecule has 29 heavy (non-hydrogen) atoms. The molecular weight excluding hydrogens is 364 g/mol. The van der Waals surface area contributed by atoms with Crippen molar-refractivity contribution >= 4 is 17.4 Å². The second-order valence-electron chi connectivity index (χ2n) is 7.01. The molecule has 0 atom stereocenters. The summed E-state index contributed by atoms with van der Waals surface area (Å²) in [5.74, 6) is 1.65. The fraction of sp³-hybridized carbons (Fsp3) is 0.261. The van der Waals surface area contributed by atoms with E-state index in [1.807, 2.05) is 36.4 Å². The summed E-state index contributed by atoms with van der Waals surface area (Å²) in [6.07, 6.45) is 3.71. The number of amides is 1. The van der Waals surface area contributed by atoms with Crippen molar-refractivity contribution < 1.29 is 9.53 Å². The van der Waals surface area contributed by atoms with Crippen LogP contribution in [0.25, 0.3) is 0 Å². The van der Waals surface area contributed by atoms with E-state index in [1.165, 1.54) is 11.8 Å². The van der Waals surface area contributed by atoms with Crippen molar-refractivity contribution in [2.45, 2.75) is 26.2 Å². The molecule has 150 valence electrons. The van der Waals surface area contributed by atoms with E-state index >= 15 is 0 Å². The van der Waals surface area contributed by atoms with Gasteiger partial charge in [0.15, 0.2) is 0 Å². The monoisotopic (exact) mass is 390 g/mol. The molecule has 6 nitrogen and oxygen atoms in total. The van der Waals surface area contributed by atoms with E-state index < -0.39 is 0 Å². The van der Waals surface area contributed by atoms with Crippen molar-refractivity contribution in [2.75, 3.05) is 19.0 Å². The largest absolute Gasteiger partial charge is 0.496 e. The first kappa shape index (κ1) is 20.3. The molecule has 1 heterocycles. The standard InChI is InChI=1S/C23H26N4O2/c1-16(2)17-8-10-19(11-9-17)27-22-15-25-20(14-26-22)23(28)24-13-12-18-6-4-5-7-21(18)29-3/h4-11,14-16H,12-13H2,1-3H3,(H,24,28)(H,26,27). The number of para-hydroxylation sites is 1. The number of nitrogens with zero attached hydrogens (tertiary/aromatic N) is 2. The molecule has 0 saturated heterocycles. The summed E-state index contributed by atoms with van der Waals surface area (Å²) in [5, 5.41) is 6.06. The van der Waals surface area contributed by atoms with Gasteiger partial charge in [-0.25, -0.2) is 9.97 Å². The average molecular weight is 390 g/mol. The van der Waals surface area contributed by atoms with Crippen molar-refractivity contribution in [3.05, 3.63) is 77.7 Å². The highest BCUT2D eigenvalue weighted by molar-refractivity contribution is 5.92. The third kappa shape index (κ3) is 5.54. The average Bonchev–Trinajstić information content (AvgIpc) is 2.75. The lowest BCUT2D eigenvalue weighted by atomic mass is 10.0. The molecule has 3 aromatic rings. The van der Waals surface area contributed by atoms with Crippen LogP contribution in [-0.2, 0) is 6.42 Å². The summed E-state index contributed by atoms with van der Waals surface area (Å²) in [5.41, 5.74) is 3.54. The number of hydrogen-bond acceptors (Lipinski definition) is 5. The van der Waals surface area contributed by atoms with Gasteiger partial charge in [-0.05, 0) is 41.7 Å². The first-order valence-corrected chi connectivity index (χ1v) is 9.66. The molecule has 3 rings (SSSR count). The first-order valence-electron chi connectivity index (χ1n) is 9.66. The Kier molecular flexibility index (Phi) is 6.79. The van der Waals surface area contributed by atoms with Crippen LogP contribution < -0.4 is 15.4 Å². The fourth-order valence-corrected chi connectivity index (χ4v) is 2.92. The van der Waals surface area contributed by atoms with Crippen LogP contribution in [0.5, 0.6) is 5.75 Å². The van der Waals surface area contributed by atoms with Gasteiger partial charge in [0.2, 0.25) is 0 Å². The molecule has 0 spiro atoms. The number of anilines is 2. The minimum Gasteiger partial charge on any atom is -0.496 e. The Balaban J connectivity index is 1.53. The van der Waals surface area contributed by atoms with Crippen LogP contribution in [0, 0.1) is 0 Å². The third-order valence-corrected chi connectivity index (χ3v) is 4.61. The van der Waals surface area contributed by atoms with Crippen LogP contribution in [0.15, 0.2) is 60.9 Å². The summed E-state index contributed by atoms with van der Waals surface area (Å²) in [6.45, 7) is 4.81. The first-order chi connectivity index (χ1) is 14.1. The van der Waals surface area contributed by atoms with E-state index in [1.54, 1.807) is 13.3 Å². The van der Waals surface area contributed by atoms with Gasteiger partial charge in [0.1, 0.15) is 17.3 Å². The highest BCUT2D eigenvalue weighted by Gasteiger charge is 2.09. The Morgan fingerprint density at radius 1 is 1.03 bits per heavy atom. The van der Waals surface area contributed by atoms with Gasteiger partial charge >= 0.3 is 0 Å². The lowest BCUT2D eigenvalue weighted by molar-refractivity contribution is 0.0948. The van der Waals surface area contributed by atoms with Crippen LogP contribution in [0.4, 0.5) is 11.5 Å². The summed E-state index contributed by atoms with van der Waals surface area (Å²) < 4.78 is 5.33. The van der Waals surface area contributed by atoms with Gasteiger partial charge in [0.05, 0.1) is 19.5 Å². The number of aromatic nitrogens is 2. The van der Waals surface area contributed by atoms with Crippen LogP contribution in [0.3, 0.4) is 0 Å². The predicted molar refractivity (Wildman–Crippen MR) is 115 cm³/mol. The zero-order valence-corrected chi connectivity index (χ0v) is 17.0. The summed E-state index contributed by atoms with van der Waals surface area (Å²) in [4.78, 5) is 20.8. The zero-order chi connectivity index (χ0) is 20.6. The number of nitrogens with one attached hydrogen (secondary N) is 2. The van der Waals surface area contributed by atoms with Crippen LogP contribution >= 0.6 is 0 Å². The van der Waals surface area contributed by atoms with Crippen molar-refractivity contribution in [3.8, 4) is 5.75 Å². The number of methoxy groups -OCH3 is 1. The van der Waals surface area contributed by atoms with Crippen molar-refractivity contribution in [1.29, 1.82) is 0 Å². The number of ether oxygens (including phenoxy) is 1. The number of benzene rings is 2. The number of hydrogen-bond donors (Lipinski definition) is 2. The molecule has 0 aliphatic carbocycles. The van der Waals surface area contributed by atoms with Gasteiger partial charge in [-0.15, -0.1) is 0 Å². The second kappa shape index (κ2) is 9.68. The highest BCUT2D eigenvalue weighted by Crippen LogP contribution is 2.19. The molecule has 2 N–H and O–H groups in total. The molecular formula is C23H26N4O2. The predicted octanol–water partition coefficient (Wildman–Crippen LogP) is 4.32. The Morgan fingerprint density at radius 2 is 1.79 bits per heavy atom. The Morgan fingerprint density at radius 3 is 2.45 bits per heavy atom. The van der Waals surface area contributed by atoms with E-state index in [0.717, 1.165) is 17.0 Å². The van der Waals surface area contributed by atoms with Gasteiger partial charge in [0, 0.05) is 12.2 Å². The zero-order valence-electron chi connectivity index (χ0n) is 17.0. The molecule has 2 aromatic carbocycles. The second-order valence-corrected chi connectivity index (χ2v) is 7.01. The number of rotatable bonds is 8. The minimum absolute atomic E-state index is 0.250. The molecule has 0 saturated carbocycles. The van der Waals surface area contributed by atoms with E-state index in [9.17, 15) is 4.79 Å². The molecule has 0 aliphatic rings. The Hall–Kier alpha value is -3.41. The molecule has 1 aromatic heterocycles. The number of carbonyl (C=O) groups excluding carboxylic acids is 1. The van der Waals surface area contributed by atoms with Gasteiger partial charge < -0.3 is 15.4 Å². The molecule has 1 amide bonds. The highest BCUT2D eigenvalue weighted by atomic mass is 16.5. The van der Waals surface area contributed by atoms with E-state index in [0.29, 0.717) is 24.7 Å². The quantitative estimate of drug-likeness (QED) is 0.599. The third-order valence-electron chi connectivity index (χ3n) is 4.61. The van der Waals surface area contributed by atoms with Crippen LogP contribution in [-0.4, -0.2) is 29.5 Å². The normalized spacial score (nSPS) is 10.6. The summed E-state index contributed by atoms with van der Waals surface area (Å²) in [6, 6.07) is 16.0. The van der Waals surface area contributed by atoms with Gasteiger partial charge in [-0.2, -0.15) is 0 Å². The number of carbonyl (C=O) groups is 1. The van der Waals surface area contributed by atoms with Gasteiger partial charge in [-0.3, -0.25) is 4.79 Å². The van der Waals surface area contributed by atoms with Crippen LogP contribution in [0.1, 0.15) is 41.4 Å². The lowest BCUT2D eigenvalue weighted by Gasteiger charge is -2.10. The van der Waals surface area contributed by atoms with E-state index in [2.05, 4.69) is 46.6 Å². The van der Waals surface area contributed by atoms with Crippen LogP contribution in [0.2, 0.25) is 0 Å². The maximum atomic E-state index is 12.3. The van der Waals surface area contributed by atoms with E-state index in [4.69, 9.17) is 4.74 Å². The van der Waals surface area contributed by atoms with Gasteiger partial charge in [0.25, 0.3) is 5.91 Å². The molecule has 0 aliphatic heterocycles. The topological polar surface area (TPSA) is 76.1 Å². The summed E-state index contributed by atoms with van der Waals surface area (Å²) >= 11 is 0. The van der Waals surface area contributed by atoms with Crippen molar-refractivity contribution in [2.24, 2.45) is 0 Å². The molecule has 0 radical (unpaired) electrons. The van der Waals surface area contributed by atoms with Gasteiger partial charge in [-0.1, -0.05) is 44.2 Å². The molecule has 0 unspecified atom stereocenters. The smallest absolute Gasteiger partial charge is 0.271 e. The Bertz CT molecular complexity index is 938. The fourth-order valence-electron chi connectivity index (χ4n) is 2.92. The lowest BCUT2D eigenvalue weighted by Crippen LogP contribution is -2.26. The van der Waals surface area contributed by atoms with E-state index in [-0.39, 0.29) is 11.6 Å². The minimum atomic E-state index is -0.250. The van der Waals surface area contributed by atoms with Crippen molar-refractivity contribution in [3.63, 3.8) is 0 Å². The summed E-state index contributed by atoms with van der Waals surface area (Å²) in [7, 11) is 1.64. The molecule has 0 bridgehead atoms. The molecule has 0 fully saturated rings. The SMILES string of the molecule is COc1ccccc1CCNC(=O)c1cnc(Nc2ccc(C(C)C)cc2)cn1. The maximum Gasteiger partial charge on any atom is 0.271 e. The molecule has 6 heteroatoms. The van der Waals surface area contributed by atoms with Crippen molar-refractivity contribution in [1.82, 2.24) is 15.3 Å². The Labute approximate surface area is 171 Å².